The lowest BCUT2D eigenvalue weighted by Gasteiger charge is -2.47. The average molecular weight is 507 g/mol. The van der Waals surface area contributed by atoms with Crippen LogP contribution in [0.4, 0.5) is 5.69 Å². The van der Waals surface area contributed by atoms with Gasteiger partial charge in [-0.3, -0.25) is 9.59 Å². The molecule has 2 aromatic carbocycles. The molecule has 0 radical (unpaired) electrons. The van der Waals surface area contributed by atoms with E-state index in [1.807, 2.05) is 6.08 Å². The number of fused-ring (bicyclic) bond motifs is 4. The fourth-order valence-corrected chi connectivity index (χ4v) is 6.49. The third kappa shape index (κ3) is 2.77. The van der Waals surface area contributed by atoms with E-state index in [2.05, 4.69) is 0 Å². The summed E-state index contributed by atoms with van der Waals surface area (Å²) in [5.74, 6) is -2.36. The second-order valence-electron chi connectivity index (χ2n) is 9.79. The summed E-state index contributed by atoms with van der Waals surface area (Å²) in [5, 5.41) is 11.3. The molecule has 184 valence electrons. The van der Waals surface area contributed by atoms with Gasteiger partial charge in [-0.25, -0.2) is 28.4 Å². The second kappa shape index (κ2) is 7.57. The number of carbonyl (C=O) groups is 2. The number of rotatable bonds is 2. The Morgan fingerprint density at radius 2 is 1.75 bits per heavy atom. The highest BCUT2D eigenvalue weighted by Gasteiger charge is 2.65. The number of nitrogens with zero attached hydrogens (tertiary/aromatic N) is 4. The fraction of sp³-hybridized carbons (Fsp3) is 0.308. The Morgan fingerprint density at radius 3 is 2.47 bits per heavy atom. The van der Waals surface area contributed by atoms with E-state index in [0.717, 1.165) is 4.57 Å². The van der Waals surface area contributed by atoms with Crippen LogP contribution in [0.3, 0.4) is 0 Å². The number of carbonyl (C=O) groups excluding carboxylic acids is 2. The Bertz CT molecular complexity index is 1600. The predicted molar refractivity (Wildman–Crippen MR) is 132 cm³/mol. The first-order valence-electron chi connectivity index (χ1n) is 11.7. The third-order valence-corrected chi connectivity index (χ3v) is 8.28. The van der Waals surface area contributed by atoms with Crippen molar-refractivity contribution in [1.82, 2.24) is 13.9 Å². The van der Waals surface area contributed by atoms with Gasteiger partial charge >= 0.3 is 11.4 Å². The molecule has 1 saturated heterocycles. The maximum atomic E-state index is 14.1. The molecular formula is C26H23ClN4O5. The van der Waals surface area contributed by atoms with Crippen LogP contribution < -0.4 is 16.3 Å². The molecule has 0 bridgehead atoms. The number of benzene rings is 2. The standard InChI is InChI=1S/C26H23ClN4O5/c1-26-18(22(33)30(23(26)34)15-6-4-3-5-7-15)13-19-16(21(26)17-12-14(27)8-9-20(17)32)10-11-29-24(35)28(2)25(36)31(19)29/h3-10,12,18-19,21,32H,11,13H2,1-2H3/t18-,19+,21+,26+/m0/s1. The molecule has 9 nitrogen and oxygen atoms in total. The van der Waals surface area contributed by atoms with Gasteiger partial charge in [-0.1, -0.05) is 35.9 Å². The average Bonchev–Trinajstić information content (AvgIpc) is 3.21. The lowest BCUT2D eigenvalue weighted by atomic mass is 9.56. The smallest absolute Gasteiger partial charge is 0.347 e. The maximum absolute atomic E-state index is 14.1. The second-order valence-corrected chi connectivity index (χ2v) is 10.2. The zero-order valence-corrected chi connectivity index (χ0v) is 20.3. The number of imide groups is 1. The van der Waals surface area contributed by atoms with E-state index in [9.17, 15) is 24.3 Å². The predicted octanol–water partition coefficient (Wildman–Crippen LogP) is 2.57. The van der Waals surface area contributed by atoms with Gasteiger partial charge in [0.15, 0.2) is 0 Å². The zero-order chi connectivity index (χ0) is 25.5. The van der Waals surface area contributed by atoms with Crippen molar-refractivity contribution in [3.63, 3.8) is 0 Å². The summed E-state index contributed by atoms with van der Waals surface area (Å²) in [5.41, 5.74) is -0.631. The molecule has 36 heavy (non-hydrogen) atoms. The molecule has 1 saturated carbocycles. The molecule has 0 unspecified atom stereocenters. The first-order valence-corrected chi connectivity index (χ1v) is 12.0. The number of amides is 2. The maximum Gasteiger partial charge on any atom is 0.347 e. The van der Waals surface area contributed by atoms with Gasteiger partial charge in [0.25, 0.3) is 0 Å². The summed E-state index contributed by atoms with van der Waals surface area (Å²) >= 11 is 6.32. The molecule has 1 N–H and O–H groups in total. The van der Waals surface area contributed by atoms with Gasteiger partial charge in [-0.15, -0.1) is 0 Å². The number of allylic oxidation sites excluding steroid dienone is 2. The molecule has 10 heteroatoms. The molecule has 1 aliphatic carbocycles. The summed E-state index contributed by atoms with van der Waals surface area (Å²) in [6.07, 6.45) is 2.00. The normalized spacial score (nSPS) is 26.9. The summed E-state index contributed by atoms with van der Waals surface area (Å²) in [6.45, 7) is 1.88. The molecule has 3 aliphatic rings. The molecule has 6 rings (SSSR count). The van der Waals surface area contributed by atoms with Crippen molar-refractivity contribution in [2.75, 3.05) is 4.90 Å². The van der Waals surface area contributed by atoms with Gasteiger partial charge < -0.3 is 5.11 Å². The van der Waals surface area contributed by atoms with Gasteiger partial charge in [-0.2, -0.15) is 0 Å². The highest BCUT2D eigenvalue weighted by Crippen LogP contribution is 2.62. The van der Waals surface area contributed by atoms with Crippen LogP contribution in [0.2, 0.25) is 5.02 Å². The number of hydrogen-bond acceptors (Lipinski definition) is 5. The first-order chi connectivity index (χ1) is 17.2. The van der Waals surface area contributed by atoms with Crippen LogP contribution in [0.5, 0.6) is 5.75 Å². The summed E-state index contributed by atoms with van der Waals surface area (Å²) in [7, 11) is 1.41. The largest absolute Gasteiger partial charge is 0.508 e. The van der Waals surface area contributed by atoms with Crippen LogP contribution in [-0.2, 0) is 23.2 Å². The molecule has 2 aliphatic heterocycles. The van der Waals surface area contributed by atoms with Crippen LogP contribution in [0, 0.1) is 11.3 Å². The van der Waals surface area contributed by atoms with E-state index in [4.69, 9.17) is 11.6 Å². The number of hydrogen-bond donors (Lipinski definition) is 1. The lowest BCUT2D eigenvalue weighted by Crippen LogP contribution is -2.49. The van der Waals surface area contributed by atoms with Crippen molar-refractivity contribution >= 4 is 29.1 Å². The van der Waals surface area contributed by atoms with Crippen molar-refractivity contribution in [3.05, 3.63) is 91.7 Å². The van der Waals surface area contributed by atoms with Gasteiger partial charge in [0.1, 0.15) is 5.75 Å². The third-order valence-electron chi connectivity index (χ3n) is 8.04. The van der Waals surface area contributed by atoms with Crippen LogP contribution in [0.1, 0.15) is 30.9 Å². The molecule has 1 aromatic heterocycles. The monoisotopic (exact) mass is 506 g/mol. The van der Waals surface area contributed by atoms with Crippen molar-refractivity contribution in [3.8, 4) is 5.75 Å². The van der Waals surface area contributed by atoms with Crippen LogP contribution in [-0.4, -0.2) is 30.9 Å². The highest BCUT2D eigenvalue weighted by atomic mass is 35.5. The Balaban J connectivity index is 1.62. The molecule has 3 aromatic rings. The molecular weight excluding hydrogens is 484 g/mol. The van der Waals surface area contributed by atoms with Crippen LogP contribution in [0.25, 0.3) is 0 Å². The van der Waals surface area contributed by atoms with E-state index < -0.39 is 34.7 Å². The van der Waals surface area contributed by atoms with Crippen LogP contribution >= 0.6 is 11.6 Å². The fourth-order valence-electron chi connectivity index (χ4n) is 6.31. The van der Waals surface area contributed by atoms with Crippen molar-refractivity contribution in [1.29, 1.82) is 0 Å². The van der Waals surface area contributed by atoms with E-state index in [0.29, 0.717) is 21.8 Å². The minimum Gasteiger partial charge on any atom is -0.508 e. The van der Waals surface area contributed by atoms with Gasteiger partial charge in [0.2, 0.25) is 11.8 Å². The summed E-state index contributed by atoms with van der Waals surface area (Å²) in [4.78, 5) is 55.0. The highest BCUT2D eigenvalue weighted by molar-refractivity contribution is 6.30. The minimum absolute atomic E-state index is 0.0623. The van der Waals surface area contributed by atoms with E-state index in [1.165, 1.54) is 27.4 Å². The number of halogens is 1. The summed E-state index contributed by atoms with van der Waals surface area (Å²) < 4.78 is 3.77. The van der Waals surface area contributed by atoms with E-state index >= 15 is 0 Å². The molecule has 4 atom stereocenters. The number of phenolic OH excluding ortho intramolecular Hbond substituents is 1. The topological polar surface area (TPSA) is 107 Å². The number of aromatic hydroxyl groups is 1. The number of para-hydroxylation sites is 1. The summed E-state index contributed by atoms with van der Waals surface area (Å²) in [6, 6.07) is 12.7. The van der Waals surface area contributed by atoms with E-state index in [-0.39, 0.29) is 30.5 Å². The van der Waals surface area contributed by atoms with E-state index in [1.54, 1.807) is 49.4 Å². The number of phenols is 1. The molecule has 2 amide bonds. The van der Waals surface area contributed by atoms with Crippen molar-refractivity contribution in [2.45, 2.75) is 31.8 Å². The van der Waals surface area contributed by atoms with Gasteiger partial charge in [0, 0.05) is 23.6 Å². The number of aromatic nitrogens is 3. The first kappa shape index (κ1) is 22.6. The Kier molecular flexibility index (Phi) is 4.75. The van der Waals surface area contributed by atoms with Crippen molar-refractivity contribution < 1.29 is 14.7 Å². The quantitative estimate of drug-likeness (QED) is 0.425. The number of anilines is 1. The zero-order valence-electron chi connectivity index (χ0n) is 19.6. The van der Waals surface area contributed by atoms with Gasteiger partial charge in [0.05, 0.1) is 29.6 Å². The Morgan fingerprint density at radius 1 is 1.03 bits per heavy atom. The lowest BCUT2D eigenvalue weighted by molar-refractivity contribution is -0.129. The minimum atomic E-state index is -1.25. The van der Waals surface area contributed by atoms with Crippen LogP contribution in [0.15, 0.2) is 69.8 Å². The Labute approximate surface area is 210 Å². The molecule has 3 heterocycles. The molecule has 0 spiro atoms. The van der Waals surface area contributed by atoms with Crippen molar-refractivity contribution in [2.24, 2.45) is 18.4 Å². The molecule has 2 fully saturated rings. The SMILES string of the molecule is Cn1c(=O)n2n(c1=O)[C@@H]1C[C@H]3C(=O)N(c4ccccc4)C(=O)[C@@]3(C)[C@@H](c3cc(Cl)ccc3O)C1=CC2. The van der Waals surface area contributed by atoms with Gasteiger partial charge in [-0.05, 0) is 49.2 Å². The Hall–Kier alpha value is -3.85.